The first-order chi connectivity index (χ1) is 9.58. The van der Waals surface area contributed by atoms with Gasteiger partial charge in [0.2, 0.25) is 0 Å². The molecule has 0 aliphatic rings. The van der Waals surface area contributed by atoms with Gasteiger partial charge in [-0.1, -0.05) is 36.2 Å². The molecule has 20 heavy (non-hydrogen) atoms. The number of aromatic nitrogens is 2. The molecule has 0 amide bonds. The molecular weight excluding hydrogens is 293 g/mol. The second-order valence-corrected chi connectivity index (χ2v) is 5.43. The van der Waals surface area contributed by atoms with Crippen LogP contribution in [-0.4, -0.2) is 21.4 Å². The Morgan fingerprint density at radius 2 is 1.85 bits per heavy atom. The average molecular weight is 310 g/mol. The van der Waals surface area contributed by atoms with Gasteiger partial charge < -0.3 is 0 Å². The maximum absolute atomic E-state index is 6.16. The van der Waals surface area contributed by atoms with Crippen LogP contribution in [0.3, 0.4) is 0 Å². The van der Waals surface area contributed by atoms with Crippen molar-refractivity contribution in [2.75, 3.05) is 6.54 Å². The van der Waals surface area contributed by atoms with Crippen LogP contribution in [0, 0.1) is 6.92 Å². The van der Waals surface area contributed by atoms with Gasteiger partial charge in [0.05, 0.1) is 16.4 Å². The summed E-state index contributed by atoms with van der Waals surface area (Å²) in [5.41, 5.74) is 2.87. The van der Waals surface area contributed by atoms with Crippen molar-refractivity contribution < 1.29 is 0 Å². The third-order valence-electron chi connectivity index (χ3n) is 3.04. The summed E-state index contributed by atoms with van der Waals surface area (Å²) in [5.74, 6) is 0. The van der Waals surface area contributed by atoms with Crippen molar-refractivity contribution in [3.63, 3.8) is 0 Å². The number of hydrogen-bond acceptors (Lipinski definition) is 3. The summed E-state index contributed by atoms with van der Waals surface area (Å²) in [7, 11) is 0. The van der Waals surface area contributed by atoms with E-state index in [1.807, 2.05) is 25.1 Å². The van der Waals surface area contributed by atoms with Crippen LogP contribution in [0.5, 0.6) is 0 Å². The fourth-order valence-electron chi connectivity index (χ4n) is 1.98. The van der Waals surface area contributed by atoms with Crippen molar-refractivity contribution in [1.29, 1.82) is 0 Å². The Labute approximate surface area is 129 Å². The zero-order valence-corrected chi connectivity index (χ0v) is 13.1. The van der Waals surface area contributed by atoms with Gasteiger partial charge in [0, 0.05) is 18.8 Å². The van der Waals surface area contributed by atoms with Crippen LogP contribution < -0.4 is 0 Å². The van der Waals surface area contributed by atoms with Gasteiger partial charge in [0.25, 0.3) is 0 Å². The first kappa shape index (κ1) is 15.2. The lowest BCUT2D eigenvalue weighted by Crippen LogP contribution is -2.23. The summed E-state index contributed by atoms with van der Waals surface area (Å²) >= 11 is 12.1. The van der Waals surface area contributed by atoms with Crippen LogP contribution in [0.2, 0.25) is 10.2 Å². The molecule has 0 aliphatic heterocycles. The minimum atomic E-state index is 0.467. The van der Waals surface area contributed by atoms with Crippen molar-refractivity contribution in [3.8, 4) is 0 Å². The molecule has 5 heteroatoms. The Morgan fingerprint density at radius 3 is 2.55 bits per heavy atom. The second kappa shape index (κ2) is 7.02. The molecule has 2 aromatic rings. The number of rotatable bonds is 5. The van der Waals surface area contributed by atoms with Gasteiger partial charge in [-0.25, -0.2) is 4.98 Å². The second-order valence-electron chi connectivity index (χ2n) is 4.64. The molecule has 0 aliphatic carbocycles. The molecule has 0 unspecified atom stereocenters. The van der Waals surface area contributed by atoms with E-state index in [0.717, 1.165) is 30.2 Å². The largest absolute Gasteiger partial charge is 0.292 e. The van der Waals surface area contributed by atoms with E-state index >= 15 is 0 Å². The third kappa shape index (κ3) is 4.17. The van der Waals surface area contributed by atoms with Gasteiger partial charge in [-0.05, 0) is 37.7 Å². The zero-order chi connectivity index (χ0) is 14.5. The van der Waals surface area contributed by atoms with Gasteiger partial charge in [0.1, 0.15) is 5.15 Å². The minimum Gasteiger partial charge on any atom is -0.292 e. The van der Waals surface area contributed by atoms with Crippen molar-refractivity contribution >= 4 is 23.2 Å². The number of nitrogens with zero attached hydrogens (tertiary/aromatic N) is 3. The predicted molar refractivity (Wildman–Crippen MR) is 83.0 cm³/mol. The molecule has 0 spiro atoms. The lowest BCUT2D eigenvalue weighted by Gasteiger charge is -2.20. The molecular formula is C15H17Cl2N3. The normalized spacial score (nSPS) is 11.1. The van der Waals surface area contributed by atoms with Crippen LogP contribution in [0.4, 0.5) is 0 Å². The van der Waals surface area contributed by atoms with Crippen molar-refractivity contribution in [2.45, 2.75) is 26.9 Å². The van der Waals surface area contributed by atoms with Crippen LogP contribution in [0.1, 0.15) is 24.0 Å². The highest BCUT2D eigenvalue weighted by Crippen LogP contribution is 2.19. The molecule has 106 valence electrons. The lowest BCUT2D eigenvalue weighted by molar-refractivity contribution is 0.265. The summed E-state index contributed by atoms with van der Waals surface area (Å²) in [4.78, 5) is 11.0. The number of aryl methyl sites for hydroxylation is 1. The van der Waals surface area contributed by atoms with E-state index in [9.17, 15) is 0 Å². The van der Waals surface area contributed by atoms with E-state index in [1.54, 1.807) is 12.1 Å². The summed E-state index contributed by atoms with van der Waals surface area (Å²) in [6.45, 7) is 6.41. The lowest BCUT2D eigenvalue weighted by atomic mass is 10.2. The van der Waals surface area contributed by atoms with E-state index < -0.39 is 0 Å². The molecule has 0 bridgehead atoms. The van der Waals surface area contributed by atoms with Crippen molar-refractivity contribution in [3.05, 3.63) is 57.6 Å². The van der Waals surface area contributed by atoms with E-state index in [2.05, 4.69) is 21.8 Å². The maximum atomic E-state index is 6.16. The molecule has 2 rings (SSSR count). The van der Waals surface area contributed by atoms with Gasteiger partial charge in [-0.3, -0.25) is 9.88 Å². The standard InChI is InChI=1S/C15H17Cl2N3/c1-3-20(9-12-6-4-5-11(2)18-12)10-14-13(16)7-8-15(17)19-14/h4-8H,3,9-10H2,1-2H3. The monoisotopic (exact) mass is 309 g/mol. The Morgan fingerprint density at radius 1 is 1.05 bits per heavy atom. The SMILES string of the molecule is CCN(Cc1cccc(C)n1)Cc1nc(Cl)ccc1Cl. The first-order valence-electron chi connectivity index (χ1n) is 6.54. The topological polar surface area (TPSA) is 29.0 Å². The summed E-state index contributed by atoms with van der Waals surface area (Å²) in [5, 5.41) is 1.11. The van der Waals surface area contributed by atoms with Crippen molar-refractivity contribution in [2.24, 2.45) is 0 Å². The molecule has 0 atom stereocenters. The van der Waals surface area contributed by atoms with Gasteiger partial charge >= 0.3 is 0 Å². The highest BCUT2D eigenvalue weighted by molar-refractivity contribution is 6.32. The van der Waals surface area contributed by atoms with E-state index in [0.29, 0.717) is 16.7 Å². The number of hydrogen-bond donors (Lipinski definition) is 0. The summed E-state index contributed by atoms with van der Waals surface area (Å²) in [6.07, 6.45) is 0. The van der Waals surface area contributed by atoms with Crippen LogP contribution in [0.15, 0.2) is 30.3 Å². The molecule has 0 radical (unpaired) electrons. The Balaban J connectivity index is 2.11. The van der Waals surface area contributed by atoms with Crippen LogP contribution >= 0.6 is 23.2 Å². The van der Waals surface area contributed by atoms with Crippen molar-refractivity contribution in [1.82, 2.24) is 14.9 Å². The highest BCUT2D eigenvalue weighted by Gasteiger charge is 2.10. The van der Waals surface area contributed by atoms with Gasteiger partial charge in [0.15, 0.2) is 0 Å². The molecule has 2 heterocycles. The van der Waals surface area contributed by atoms with E-state index in [1.165, 1.54) is 0 Å². The third-order valence-corrected chi connectivity index (χ3v) is 3.59. The Kier molecular flexibility index (Phi) is 5.35. The molecule has 0 aromatic carbocycles. The first-order valence-corrected chi connectivity index (χ1v) is 7.30. The van der Waals surface area contributed by atoms with E-state index in [-0.39, 0.29) is 0 Å². The highest BCUT2D eigenvalue weighted by atomic mass is 35.5. The smallest absolute Gasteiger partial charge is 0.129 e. The predicted octanol–water partition coefficient (Wildman–Crippen LogP) is 4.11. The molecule has 0 saturated carbocycles. The Bertz CT molecular complexity index is 587. The quantitative estimate of drug-likeness (QED) is 0.778. The molecule has 2 aromatic heterocycles. The summed E-state index contributed by atoms with van der Waals surface area (Å²) in [6, 6.07) is 9.53. The molecule has 0 N–H and O–H groups in total. The van der Waals surface area contributed by atoms with Crippen LogP contribution in [-0.2, 0) is 13.1 Å². The molecule has 0 fully saturated rings. The number of pyridine rings is 2. The number of halogens is 2. The average Bonchev–Trinajstić information content (AvgIpc) is 2.42. The van der Waals surface area contributed by atoms with Crippen LogP contribution in [0.25, 0.3) is 0 Å². The Hall–Kier alpha value is -1.16. The fraction of sp³-hybridized carbons (Fsp3) is 0.333. The molecule has 0 saturated heterocycles. The fourth-order valence-corrected chi connectivity index (χ4v) is 2.31. The van der Waals surface area contributed by atoms with Gasteiger partial charge in [-0.15, -0.1) is 0 Å². The maximum Gasteiger partial charge on any atom is 0.129 e. The zero-order valence-electron chi connectivity index (χ0n) is 11.6. The summed E-state index contributed by atoms with van der Waals surface area (Å²) < 4.78 is 0. The molecule has 3 nitrogen and oxygen atoms in total. The van der Waals surface area contributed by atoms with Gasteiger partial charge in [-0.2, -0.15) is 0 Å². The minimum absolute atomic E-state index is 0.467. The van der Waals surface area contributed by atoms with E-state index in [4.69, 9.17) is 23.2 Å².